The molecule has 0 rings (SSSR count). The van der Waals surface area contributed by atoms with E-state index in [2.05, 4.69) is 5.11 Å². The molecule has 66 valence electrons. The van der Waals surface area contributed by atoms with Crippen LogP contribution in [0.15, 0.2) is 5.11 Å². The first kappa shape index (κ1) is 10.6. The third-order valence-corrected chi connectivity index (χ3v) is 1.75. The van der Waals surface area contributed by atoms with E-state index in [9.17, 15) is 0 Å². The van der Waals surface area contributed by atoms with Gasteiger partial charge in [-0.2, -0.15) is 5.11 Å². The Morgan fingerprint density at radius 1 is 1.27 bits per heavy atom. The molecular weight excluding hydrogens is 140 g/mol. The summed E-state index contributed by atoms with van der Waals surface area (Å²) in [4.78, 5) is 0. The summed E-state index contributed by atoms with van der Waals surface area (Å²) >= 11 is 0. The van der Waals surface area contributed by atoms with Crippen LogP contribution in [0.1, 0.15) is 39.5 Å². The van der Waals surface area contributed by atoms with Crippen LogP contribution in [-0.4, -0.2) is 17.3 Å². The van der Waals surface area contributed by atoms with Crippen molar-refractivity contribution in [2.75, 3.05) is 6.61 Å². The van der Waals surface area contributed by atoms with Crippen molar-refractivity contribution in [3.05, 3.63) is 0 Å². The molecule has 0 aliphatic rings. The molecule has 0 aliphatic carbocycles. The minimum Gasteiger partial charge on any atom is -0.396 e. The van der Waals surface area contributed by atoms with E-state index in [4.69, 9.17) is 10.6 Å². The Morgan fingerprint density at radius 2 is 1.91 bits per heavy atom. The van der Waals surface area contributed by atoms with Crippen LogP contribution in [0.25, 0.3) is 0 Å². The first-order valence-electron chi connectivity index (χ1n) is 4.12. The van der Waals surface area contributed by atoms with Crippen molar-refractivity contribution in [1.29, 1.82) is 5.53 Å². The van der Waals surface area contributed by atoms with E-state index < -0.39 is 0 Å². The second kappa shape index (κ2) is 5.24. The molecule has 3 nitrogen and oxygen atoms in total. The van der Waals surface area contributed by atoms with Gasteiger partial charge in [0.1, 0.15) is 0 Å². The van der Waals surface area contributed by atoms with Crippen molar-refractivity contribution in [1.82, 2.24) is 0 Å². The van der Waals surface area contributed by atoms with E-state index in [1.165, 1.54) is 0 Å². The van der Waals surface area contributed by atoms with Gasteiger partial charge in [-0.05, 0) is 26.7 Å². The number of hydrogen-bond acceptors (Lipinski definition) is 3. The van der Waals surface area contributed by atoms with Crippen LogP contribution in [-0.2, 0) is 0 Å². The largest absolute Gasteiger partial charge is 0.396 e. The summed E-state index contributed by atoms with van der Waals surface area (Å²) in [6.07, 6.45) is 3.90. The van der Waals surface area contributed by atoms with Crippen LogP contribution in [0.2, 0.25) is 0 Å². The molecule has 0 fully saturated rings. The standard InChI is InChI=1S/C8H18N2O/c1-8(2,10-9)6-4-3-5-7-11/h9,11H,3-7H2,1-2H3. The Balaban J connectivity index is 3.30. The average Bonchev–Trinajstić information content (AvgIpc) is 1.99. The second-order valence-electron chi connectivity index (χ2n) is 3.46. The highest BCUT2D eigenvalue weighted by Gasteiger charge is 2.14. The van der Waals surface area contributed by atoms with Crippen LogP contribution >= 0.6 is 0 Å². The normalized spacial score (nSPS) is 11.5. The summed E-state index contributed by atoms with van der Waals surface area (Å²) in [5.74, 6) is 0. The molecular formula is C8H18N2O. The first-order chi connectivity index (χ1) is 5.12. The molecule has 0 bridgehead atoms. The van der Waals surface area contributed by atoms with Crippen molar-refractivity contribution in [3.63, 3.8) is 0 Å². The fourth-order valence-electron chi connectivity index (χ4n) is 0.902. The lowest BCUT2D eigenvalue weighted by molar-refractivity contribution is 0.279. The highest BCUT2D eigenvalue weighted by atomic mass is 16.2. The first-order valence-corrected chi connectivity index (χ1v) is 4.12. The van der Waals surface area contributed by atoms with Crippen molar-refractivity contribution >= 4 is 0 Å². The Bertz CT molecular complexity index is 113. The van der Waals surface area contributed by atoms with E-state index in [1.807, 2.05) is 13.8 Å². The highest BCUT2D eigenvalue weighted by Crippen LogP contribution is 2.17. The van der Waals surface area contributed by atoms with Gasteiger partial charge in [0.05, 0.1) is 5.54 Å². The summed E-state index contributed by atoms with van der Waals surface area (Å²) in [5, 5.41) is 12.0. The number of aliphatic hydroxyl groups is 1. The second-order valence-corrected chi connectivity index (χ2v) is 3.46. The summed E-state index contributed by atoms with van der Waals surface area (Å²) in [6.45, 7) is 4.19. The maximum absolute atomic E-state index is 8.49. The molecule has 0 atom stereocenters. The van der Waals surface area contributed by atoms with Gasteiger partial charge in [-0.1, -0.05) is 12.8 Å². The molecule has 3 heteroatoms. The van der Waals surface area contributed by atoms with Gasteiger partial charge in [0.25, 0.3) is 0 Å². The predicted octanol–water partition coefficient (Wildman–Crippen LogP) is 2.35. The van der Waals surface area contributed by atoms with E-state index in [1.54, 1.807) is 0 Å². The van der Waals surface area contributed by atoms with Gasteiger partial charge in [0.2, 0.25) is 0 Å². The quantitative estimate of drug-likeness (QED) is 0.452. The molecule has 0 amide bonds. The maximum atomic E-state index is 8.49. The lowest BCUT2D eigenvalue weighted by Gasteiger charge is -2.16. The van der Waals surface area contributed by atoms with Gasteiger partial charge >= 0.3 is 0 Å². The smallest absolute Gasteiger partial charge is 0.0757 e. The molecule has 0 saturated heterocycles. The molecule has 0 aromatic carbocycles. The molecule has 2 N–H and O–H groups in total. The summed E-state index contributed by atoms with van der Waals surface area (Å²) in [5.41, 5.74) is 6.66. The third-order valence-electron chi connectivity index (χ3n) is 1.75. The zero-order valence-corrected chi connectivity index (χ0v) is 7.43. The molecule has 11 heavy (non-hydrogen) atoms. The van der Waals surface area contributed by atoms with Gasteiger partial charge in [0.15, 0.2) is 0 Å². The molecule has 0 saturated carbocycles. The minimum absolute atomic E-state index is 0.199. The summed E-state index contributed by atoms with van der Waals surface area (Å²) < 4.78 is 0. The fourth-order valence-corrected chi connectivity index (χ4v) is 0.902. The van der Waals surface area contributed by atoms with Crippen LogP contribution in [0.4, 0.5) is 0 Å². The average molecular weight is 158 g/mol. The van der Waals surface area contributed by atoms with Crippen LogP contribution in [0.3, 0.4) is 0 Å². The molecule has 0 aromatic rings. The Morgan fingerprint density at radius 3 is 2.36 bits per heavy atom. The fraction of sp³-hybridized carbons (Fsp3) is 1.00. The van der Waals surface area contributed by atoms with Crippen LogP contribution in [0, 0.1) is 5.53 Å². The molecule has 0 radical (unpaired) electrons. The predicted molar refractivity (Wildman–Crippen MR) is 44.8 cm³/mol. The van der Waals surface area contributed by atoms with Crippen LogP contribution in [0.5, 0.6) is 0 Å². The lowest BCUT2D eigenvalue weighted by atomic mass is 9.98. The zero-order valence-electron chi connectivity index (χ0n) is 7.43. The van der Waals surface area contributed by atoms with Crippen molar-refractivity contribution in [2.45, 2.75) is 45.1 Å². The number of rotatable bonds is 6. The summed E-state index contributed by atoms with van der Waals surface area (Å²) in [6, 6.07) is 0. The molecule has 0 aliphatic heterocycles. The van der Waals surface area contributed by atoms with Crippen molar-refractivity contribution in [3.8, 4) is 0 Å². The van der Waals surface area contributed by atoms with Gasteiger partial charge in [-0.15, -0.1) is 0 Å². The molecule has 0 unspecified atom stereocenters. The van der Waals surface area contributed by atoms with Gasteiger partial charge in [-0.25, -0.2) is 5.53 Å². The Labute approximate surface area is 68.3 Å². The highest BCUT2D eigenvalue weighted by molar-refractivity contribution is 4.73. The van der Waals surface area contributed by atoms with Gasteiger partial charge in [0, 0.05) is 6.61 Å². The van der Waals surface area contributed by atoms with Gasteiger partial charge < -0.3 is 5.11 Å². The molecule has 0 heterocycles. The third kappa shape index (κ3) is 5.98. The Hall–Kier alpha value is -0.440. The van der Waals surface area contributed by atoms with E-state index in [0.29, 0.717) is 0 Å². The number of nitrogens with one attached hydrogen (secondary N) is 1. The van der Waals surface area contributed by atoms with Crippen LogP contribution < -0.4 is 0 Å². The maximum Gasteiger partial charge on any atom is 0.0757 e. The number of hydrogen-bond donors (Lipinski definition) is 2. The van der Waals surface area contributed by atoms with Crippen molar-refractivity contribution < 1.29 is 5.11 Å². The Kier molecular flexibility index (Phi) is 5.03. The van der Waals surface area contributed by atoms with Gasteiger partial charge in [-0.3, -0.25) is 0 Å². The van der Waals surface area contributed by atoms with Crippen molar-refractivity contribution in [2.24, 2.45) is 5.11 Å². The summed E-state index contributed by atoms with van der Waals surface area (Å²) in [7, 11) is 0. The zero-order chi connectivity index (χ0) is 8.74. The molecule has 0 aromatic heterocycles. The number of unbranched alkanes of at least 4 members (excludes halogenated alkanes) is 2. The SMILES string of the molecule is CC(C)(CCCCCO)N=N. The molecule has 0 spiro atoms. The lowest BCUT2D eigenvalue weighted by Crippen LogP contribution is -2.14. The van der Waals surface area contributed by atoms with E-state index in [-0.39, 0.29) is 12.1 Å². The van der Waals surface area contributed by atoms with E-state index >= 15 is 0 Å². The minimum atomic E-state index is -0.199. The number of nitrogens with zero attached hydrogens (tertiary/aromatic N) is 1. The topological polar surface area (TPSA) is 56.4 Å². The monoisotopic (exact) mass is 158 g/mol. The number of aliphatic hydroxyl groups excluding tert-OH is 1. The van der Waals surface area contributed by atoms with E-state index in [0.717, 1.165) is 25.7 Å².